The van der Waals surface area contributed by atoms with E-state index in [0.29, 0.717) is 23.1 Å². The van der Waals surface area contributed by atoms with Gasteiger partial charge in [0.1, 0.15) is 12.3 Å². The topological polar surface area (TPSA) is 61.2 Å². The van der Waals surface area contributed by atoms with Crippen molar-refractivity contribution in [1.82, 2.24) is 20.3 Å². The van der Waals surface area contributed by atoms with Gasteiger partial charge < -0.3 is 14.8 Å². The second-order valence-corrected chi connectivity index (χ2v) is 4.72. The number of ether oxygens (including phenoxy) is 2. The maximum atomic E-state index is 6.25. The molecule has 1 aromatic heterocycles. The molecule has 0 radical (unpaired) electrons. The summed E-state index contributed by atoms with van der Waals surface area (Å²) in [5, 5.41) is 11.4. The molecule has 0 atom stereocenters. The first-order valence-electron chi connectivity index (χ1n) is 6.13. The first-order valence-corrected chi connectivity index (χ1v) is 6.51. The largest absolute Gasteiger partial charge is 0.493 e. The Morgan fingerprint density at radius 3 is 2.80 bits per heavy atom. The highest BCUT2D eigenvalue weighted by atomic mass is 35.5. The molecule has 0 saturated carbocycles. The molecular weight excluding hydrogens is 280 g/mol. The van der Waals surface area contributed by atoms with Crippen LogP contribution in [-0.4, -0.2) is 29.2 Å². The Morgan fingerprint density at radius 1 is 1.40 bits per heavy atom. The summed E-state index contributed by atoms with van der Waals surface area (Å²) in [7, 11) is 5.26. The monoisotopic (exact) mass is 296 g/mol. The summed E-state index contributed by atoms with van der Waals surface area (Å²) in [5.41, 5.74) is 1.76. The molecular formula is C13H17ClN4O2. The van der Waals surface area contributed by atoms with E-state index in [2.05, 4.69) is 15.6 Å². The third-order valence-corrected chi connectivity index (χ3v) is 2.97. The number of rotatable bonds is 6. The van der Waals surface area contributed by atoms with Crippen molar-refractivity contribution in [3.8, 4) is 11.5 Å². The van der Waals surface area contributed by atoms with Crippen molar-refractivity contribution in [2.75, 3.05) is 14.2 Å². The maximum absolute atomic E-state index is 6.25. The molecule has 0 aliphatic heterocycles. The van der Waals surface area contributed by atoms with Gasteiger partial charge in [0.15, 0.2) is 11.5 Å². The summed E-state index contributed by atoms with van der Waals surface area (Å²) in [6.07, 6.45) is 1.79. The van der Waals surface area contributed by atoms with Crippen molar-refractivity contribution in [3.05, 3.63) is 34.6 Å². The number of hydrogen-bond acceptors (Lipinski definition) is 5. The van der Waals surface area contributed by atoms with Gasteiger partial charge in [0.25, 0.3) is 0 Å². The first kappa shape index (κ1) is 14.6. The Morgan fingerprint density at radius 2 is 2.20 bits per heavy atom. The Hall–Kier alpha value is -1.79. The fourth-order valence-electron chi connectivity index (χ4n) is 1.83. The van der Waals surface area contributed by atoms with Crippen molar-refractivity contribution < 1.29 is 9.47 Å². The summed E-state index contributed by atoms with van der Waals surface area (Å²) >= 11 is 6.25. The van der Waals surface area contributed by atoms with Gasteiger partial charge in [-0.25, -0.2) is 0 Å². The molecule has 7 heteroatoms. The molecule has 6 nitrogen and oxygen atoms in total. The average Bonchev–Trinajstić information content (AvgIpc) is 2.83. The summed E-state index contributed by atoms with van der Waals surface area (Å²) in [6.45, 7) is 0.996. The molecule has 0 fully saturated rings. The molecule has 20 heavy (non-hydrogen) atoms. The summed E-state index contributed by atoms with van der Waals surface area (Å²) < 4.78 is 12.6. The van der Waals surface area contributed by atoms with Gasteiger partial charge in [-0.05, 0) is 24.7 Å². The van der Waals surface area contributed by atoms with Crippen LogP contribution in [0.3, 0.4) is 0 Å². The highest BCUT2D eigenvalue weighted by molar-refractivity contribution is 6.32. The third-order valence-electron chi connectivity index (χ3n) is 2.68. The Bertz CT molecular complexity index is 586. The highest BCUT2D eigenvalue weighted by Crippen LogP contribution is 2.36. The van der Waals surface area contributed by atoms with Crippen LogP contribution in [0, 0.1) is 0 Å². The highest BCUT2D eigenvalue weighted by Gasteiger charge is 2.12. The zero-order valence-corrected chi connectivity index (χ0v) is 12.4. The van der Waals surface area contributed by atoms with Crippen LogP contribution >= 0.6 is 11.6 Å². The number of aryl methyl sites for hydroxylation is 1. The van der Waals surface area contributed by atoms with Crippen molar-refractivity contribution in [2.24, 2.45) is 7.05 Å². The standard InChI is InChI=1S/C13H17ClN4O2/c1-15-6-9-4-11(14)13(12(5-9)19-3)20-8-10-7-18(2)17-16-10/h4-5,7,15H,6,8H2,1-3H3. The number of aromatic nitrogens is 3. The quantitative estimate of drug-likeness (QED) is 0.880. The lowest BCUT2D eigenvalue weighted by Gasteiger charge is -2.13. The molecule has 108 valence electrons. The predicted octanol–water partition coefficient (Wildman–Crippen LogP) is 1.78. The number of nitrogens with one attached hydrogen (secondary N) is 1. The summed E-state index contributed by atoms with van der Waals surface area (Å²) in [4.78, 5) is 0. The van der Waals surface area contributed by atoms with Crippen molar-refractivity contribution in [1.29, 1.82) is 0 Å². The number of methoxy groups -OCH3 is 1. The van der Waals surface area contributed by atoms with Gasteiger partial charge in [-0.15, -0.1) is 5.10 Å². The van der Waals surface area contributed by atoms with Crippen molar-refractivity contribution >= 4 is 11.6 Å². The van der Waals surface area contributed by atoms with E-state index in [9.17, 15) is 0 Å². The van der Waals surface area contributed by atoms with E-state index in [1.54, 1.807) is 25.0 Å². The SMILES string of the molecule is CNCc1cc(Cl)c(OCc2cn(C)nn2)c(OC)c1. The van der Waals surface area contributed by atoms with Crippen molar-refractivity contribution in [2.45, 2.75) is 13.2 Å². The predicted molar refractivity (Wildman–Crippen MR) is 76.1 cm³/mol. The van der Waals surface area contributed by atoms with Gasteiger partial charge in [0.05, 0.1) is 18.3 Å². The maximum Gasteiger partial charge on any atom is 0.180 e. The lowest BCUT2D eigenvalue weighted by atomic mass is 10.2. The van der Waals surface area contributed by atoms with Crippen molar-refractivity contribution in [3.63, 3.8) is 0 Å². The van der Waals surface area contributed by atoms with Crippen LogP contribution in [0.5, 0.6) is 11.5 Å². The minimum Gasteiger partial charge on any atom is -0.493 e. The Labute approximate surface area is 122 Å². The minimum absolute atomic E-state index is 0.287. The van der Waals surface area contributed by atoms with Gasteiger partial charge in [0.2, 0.25) is 0 Å². The fourth-order valence-corrected chi connectivity index (χ4v) is 2.11. The third kappa shape index (κ3) is 3.40. The number of benzene rings is 1. The second kappa shape index (κ2) is 6.58. The van der Waals surface area contributed by atoms with E-state index in [1.165, 1.54) is 0 Å². The lowest BCUT2D eigenvalue weighted by molar-refractivity contribution is 0.280. The molecule has 1 heterocycles. The molecule has 2 rings (SSSR count). The van der Waals surface area contributed by atoms with E-state index in [4.69, 9.17) is 21.1 Å². The molecule has 2 aromatic rings. The number of halogens is 1. The molecule has 1 N–H and O–H groups in total. The minimum atomic E-state index is 0.287. The zero-order chi connectivity index (χ0) is 14.5. The Kier molecular flexibility index (Phi) is 4.81. The van der Waals surface area contributed by atoms with Crippen LogP contribution in [0.15, 0.2) is 18.3 Å². The molecule has 0 saturated heterocycles. The van der Waals surface area contributed by atoms with Gasteiger partial charge in [-0.3, -0.25) is 4.68 Å². The first-order chi connectivity index (χ1) is 9.63. The van der Waals surface area contributed by atoms with Gasteiger partial charge >= 0.3 is 0 Å². The fraction of sp³-hybridized carbons (Fsp3) is 0.385. The van der Waals surface area contributed by atoms with E-state index in [0.717, 1.165) is 11.3 Å². The molecule has 0 aliphatic carbocycles. The van der Waals surface area contributed by atoms with E-state index < -0.39 is 0 Å². The van der Waals surface area contributed by atoms with E-state index >= 15 is 0 Å². The normalized spacial score (nSPS) is 10.6. The number of nitrogens with zero attached hydrogens (tertiary/aromatic N) is 3. The van der Waals surface area contributed by atoms with Crippen LogP contribution < -0.4 is 14.8 Å². The van der Waals surface area contributed by atoms with Gasteiger partial charge in [-0.1, -0.05) is 16.8 Å². The second-order valence-electron chi connectivity index (χ2n) is 4.31. The molecule has 0 amide bonds. The van der Waals surface area contributed by atoms with E-state index in [-0.39, 0.29) is 6.61 Å². The van der Waals surface area contributed by atoms with Crippen LogP contribution in [0.4, 0.5) is 0 Å². The average molecular weight is 297 g/mol. The van der Waals surface area contributed by atoms with Gasteiger partial charge in [-0.2, -0.15) is 0 Å². The summed E-state index contributed by atoms with van der Waals surface area (Å²) in [6, 6.07) is 3.75. The van der Waals surface area contributed by atoms with Crippen LogP contribution in [-0.2, 0) is 20.2 Å². The van der Waals surface area contributed by atoms with E-state index in [1.807, 2.05) is 19.2 Å². The molecule has 0 bridgehead atoms. The molecule has 0 aliphatic rings. The lowest BCUT2D eigenvalue weighted by Crippen LogP contribution is -2.06. The smallest absolute Gasteiger partial charge is 0.180 e. The molecule has 0 spiro atoms. The molecule has 1 aromatic carbocycles. The Balaban J connectivity index is 2.17. The van der Waals surface area contributed by atoms with Crippen LogP contribution in [0.1, 0.15) is 11.3 Å². The van der Waals surface area contributed by atoms with Gasteiger partial charge in [0, 0.05) is 13.6 Å². The molecule has 0 unspecified atom stereocenters. The summed E-state index contributed by atoms with van der Waals surface area (Å²) in [5.74, 6) is 1.12. The van der Waals surface area contributed by atoms with Crippen LogP contribution in [0.25, 0.3) is 0 Å². The number of hydrogen-bond donors (Lipinski definition) is 1. The zero-order valence-electron chi connectivity index (χ0n) is 11.7. The van der Waals surface area contributed by atoms with Crippen LogP contribution in [0.2, 0.25) is 5.02 Å².